The third-order valence-corrected chi connectivity index (χ3v) is 6.21. The highest BCUT2D eigenvalue weighted by Crippen LogP contribution is 2.34. The van der Waals surface area contributed by atoms with Gasteiger partial charge in [-0.15, -0.1) is 0 Å². The lowest BCUT2D eigenvalue weighted by molar-refractivity contribution is -0.193. The molecule has 2 aliphatic heterocycles. The Labute approximate surface area is 224 Å². The van der Waals surface area contributed by atoms with Crippen molar-refractivity contribution in [2.24, 2.45) is 5.92 Å². The van der Waals surface area contributed by atoms with Gasteiger partial charge in [0.25, 0.3) is 5.91 Å². The van der Waals surface area contributed by atoms with E-state index in [0.29, 0.717) is 17.2 Å². The van der Waals surface area contributed by atoms with Crippen molar-refractivity contribution in [2.45, 2.75) is 44.4 Å². The van der Waals surface area contributed by atoms with Gasteiger partial charge in [0, 0.05) is 51.6 Å². The van der Waals surface area contributed by atoms with Crippen LogP contribution in [0.4, 0.5) is 26.3 Å². The smallest absolute Gasteiger partial charge is 0.475 e. The number of aryl methyl sites for hydroxylation is 1. The van der Waals surface area contributed by atoms with Crippen LogP contribution in [-0.2, 0) is 20.9 Å². The molecule has 2 aromatic rings. The Bertz CT molecular complexity index is 1120. The molecule has 2 aliphatic rings. The molecule has 0 aliphatic carbocycles. The number of halogens is 6. The van der Waals surface area contributed by atoms with Crippen molar-refractivity contribution >= 4 is 17.8 Å². The third kappa shape index (κ3) is 8.94. The number of carboxylic acid groups (broad SMARTS) is 2. The maximum absolute atomic E-state index is 13.1. The number of nitrogens with zero attached hydrogens (tertiary/aromatic N) is 3. The lowest BCUT2D eigenvalue weighted by atomic mass is 9.88. The van der Waals surface area contributed by atoms with Crippen LogP contribution in [0.2, 0.25) is 0 Å². The zero-order valence-corrected chi connectivity index (χ0v) is 21.3. The predicted octanol–water partition coefficient (Wildman–Crippen LogP) is 3.61. The highest BCUT2D eigenvalue weighted by atomic mass is 19.4. The van der Waals surface area contributed by atoms with Crippen LogP contribution in [-0.4, -0.2) is 94.1 Å². The SMILES string of the molecule is CO[C@H]1CCN(C(=O)c2ccoc2C)[C@@H]2CN(Cc3cccnc3)C[C@H]12.O=C(O)C(F)(F)F.O=C(O)C(F)(F)F. The normalized spacial score (nSPS) is 20.9. The van der Waals surface area contributed by atoms with Gasteiger partial charge >= 0.3 is 24.3 Å². The number of hydrogen-bond acceptors (Lipinski definition) is 7. The van der Waals surface area contributed by atoms with Crippen LogP contribution in [0.3, 0.4) is 0 Å². The molecule has 4 rings (SSSR count). The molecule has 2 aromatic heterocycles. The maximum Gasteiger partial charge on any atom is 0.490 e. The number of hydrogen-bond donors (Lipinski definition) is 2. The van der Waals surface area contributed by atoms with Gasteiger partial charge in [0.2, 0.25) is 0 Å². The number of amides is 1. The Hall–Kier alpha value is -3.66. The average Bonchev–Trinajstić information content (AvgIpc) is 3.49. The summed E-state index contributed by atoms with van der Waals surface area (Å²) in [6.45, 7) is 5.22. The second kappa shape index (κ2) is 13.6. The molecule has 0 unspecified atom stereocenters. The van der Waals surface area contributed by atoms with E-state index >= 15 is 0 Å². The molecular formula is C24H27F6N3O7. The van der Waals surface area contributed by atoms with E-state index in [0.717, 1.165) is 32.6 Å². The number of fused-ring (bicyclic) bond motifs is 1. The monoisotopic (exact) mass is 583 g/mol. The van der Waals surface area contributed by atoms with E-state index in [1.807, 2.05) is 24.1 Å². The second-order valence-electron chi connectivity index (χ2n) is 8.84. The molecule has 0 saturated carbocycles. The molecule has 16 heteroatoms. The summed E-state index contributed by atoms with van der Waals surface area (Å²) in [5, 5.41) is 14.2. The van der Waals surface area contributed by atoms with Gasteiger partial charge in [-0.05, 0) is 31.0 Å². The van der Waals surface area contributed by atoms with Gasteiger partial charge in [-0.1, -0.05) is 6.07 Å². The first kappa shape index (κ1) is 32.6. The fourth-order valence-electron chi connectivity index (χ4n) is 4.42. The van der Waals surface area contributed by atoms with Crippen molar-refractivity contribution < 1.29 is 60.1 Å². The number of piperidine rings is 1. The largest absolute Gasteiger partial charge is 0.490 e. The van der Waals surface area contributed by atoms with E-state index in [2.05, 4.69) is 16.0 Å². The fraction of sp³-hybridized carbons (Fsp3) is 0.500. The quantitative estimate of drug-likeness (QED) is 0.518. The number of carboxylic acids is 2. The lowest BCUT2D eigenvalue weighted by Crippen LogP contribution is -2.53. The zero-order chi connectivity index (χ0) is 30.3. The first-order valence-corrected chi connectivity index (χ1v) is 11.7. The summed E-state index contributed by atoms with van der Waals surface area (Å²) < 4.78 is 74.6. The number of carbonyl (C=O) groups is 3. The van der Waals surface area contributed by atoms with Crippen LogP contribution in [0.5, 0.6) is 0 Å². The fourth-order valence-corrected chi connectivity index (χ4v) is 4.42. The van der Waals surface area contributed by atoms with Crippen molar-refractivity contribution in [1.82, 2.24) is 14.8 Å². The second-order valence-corrected chi connectivity index (χ2v) is 8.84. The van der Waals surface area contributed by atoms with Gasteiger partial charge in [0.15, 0.2) is 0 Å². The topological polar surface area (TPSA) is 133 Å². The number of aromatic nitrogens is 1. The summed E-state index contributed by atoms with van der Waals surface area (Å²) in [5.41, 5.74) is 1.87. The van der Waals surface area contributed by atoms with Crippen molar-refractivity contribution in [2.75, 3.05) is 26.7 Å². The highest BCUT2D eigenvalue weighted by molar-refractivity contribution is 5.95. The van der Waals surface area contributed by atoms with Crippen LogP contribution in [0.25, 0.3) is 0 Å². The minimum absolute atomic E-state index is 0.0732. The number of methoxy groups -OCH3 is 1. The molecule has 222 valence electrons. The molecule has 4 heterocycles. The molecule has 0 bridgehead atoms. The average molecular weight is 583 g/mol. The van der Waals surface area contributed by atoms with Crippen molar-refractivity contribution in [3.8, 4) is 0 Å². The number of likely N-dealkylation sites (tertiary alicyclic amines) is 2. The molecule has 2 saturated heterocycles. The van der Waals surface area contributed by atoms with Gasteiger partial charge in [-0.2, -0.15) is 26.3 Å². The molecule has 10 nitrogen and oxygen atoms in total. The molecule has 0 aromatic carbocycles. The Morgan fingerprint density at radius 2 is 1.68 bits per heavy atom. The van der Waals surface area contributed by atoms with Crippen molar-refractivity contribution in [1.29, 1.82) is 0 Å². The molecule has 0 spiro atoms. The van der Waals surface area contributed by atoms with Crippen molar-refractivity contribution in [3.63, 3.8) is 0 Å². The molecule has 0 radical (unpaired) electrons. The van der Waals surface area contributed by atoms with Crippen LogP contribution in [0.15, 0.2) is 41.3 Å². The molecule has 1 amide bonds. The van der Waals surface area contributed by atoms with Gasteiger partial charge in [-0.3, -0.25) is 14.7 Å². The number of carbonyl (C=O) groups excluding carboxylic acids is 1. The van der Waals surface area contributed by atoms with E-state index in [4.69, 9.17) is 29.0 Å². The van der Waals surface area contributed by atoms with Crippen molar-refractivity contribution in [3.05, 3.63) is 53.7 Å². The van der Waals surface area contributed by atoms with Gasteiger partial charge in [0.1, 0.15) is 5.76 Å². The van der Waals surface area contributed by atoms with Gasteiger partial charge < -0.3 is 24.3 Å². The molecule has 3 atom stereocenters. The summed E-state index contributed by atoms with van der Waals surface area (Å²) in [5.74, 6) is -4.42. The van der Waals surface area contributed by atoms with Crippen LogP contribution in [0.1, 0.15) is 28.1 Å². The number of furan rings is 1. The lowest BCUT2D eigenvalue weighted by Gasteiger charge is -2.41. The van der Waals surface area contributed by atoms with Gasteiger partial charge in [0.05, 0.1) is 24.0 Å². The minimum atomic E-state index is -5.08. The Kier molecular flexibility index (Phi) is 11.1. The first-order valence-electron chi connectivity index (χ1n) is 11.7. The van der Waals surface area contributed by atoms with E-state index in [1.54, 1.807) is 25.6 Å². The summed E-state index contributed by atoms with van der Waals surface area (Å²) in [7, 11) is 1.78. The minimum Gasteiger partial charge on any atom is -0.475 e. The summed E-state index contributed by atoms with van der Waals surface area (Å²) in [6.07, 6.45) is -3.80. The number of pyridine rings is 1. The van der Waals surface area contributed by atoms with Crippen LogP contribution >= 0.6 is 0 Å². The number of ether oxygens (including phenoxy) is 1. The Morgan fingerprint density at radius 1 is 1.07 bits per heavy atom. The van der Waals surface area contributed by atoms with E-state index < -0.39 is 24.3 Å². The molecule has 40 heavy (non-hydrogen) atoms. The maximum atomic E-state index is 13.1. The molecule has 2 N–H and O–H groups in total. The standard InChI is InChI=1S/C20H25N3O3.2C2HF3O2/c1-14-16(6-9-26-14)20(24)23-8-5-19(25-2)17-12-22(13-18(17)23)11-15-4-3-7-21-10-15;2*3-2(4,5)1(6)7/h3-4,6-7,9-10,17-19H,5,8,11-13H2,1-2H3;2*(H,6,7)/t17-,18+,19-;;/m0../s1. The Balaban J connectivity index is 0.000000333. The van der Waals surface area contributed by atoms with E-state index in [1.165, 1.54) is 5.56 Å². The van der Waals surface area contributed by atoms with Gasteiger partial charge in [-0.25, -0.2) is 9.59 Å². The van der Waals surface area contributed by atoms with E-state index in [-0.39, 0.29) is 18.1 Å². The zero-order valence-electron chi connectivity index (χ0n) is 21.3. The predicted molar refractivity (Wildman–Crippen MR) is 124 cm³/mol. The molecule has 2 fully saturated rings. The molecular weight excluding hydrogens is 556 g/mol. The summed E-state index contributed by atoms with van der Waals surface area (Å²) in [6, 6.07) is 6.01. The summed E-state index contributed by atoms with van der Waals surface area (Å²) in [4.78, 5) is 39.5. The van der Waals surface area contributed by atoms with Crippen LogP contribution in [0, 0.1) is 12.8 Å². The van der Waals surface area contributed by atoms with E-state index in [9.17, 15) is 31.1 Å². The van der Waals surface area contributed by atoms with Crippen LogP contribution < -0.4 is 0 Å². The highest BCUT2D eigenvalue weighted by Gasteiger charge is 2.46. The number of aliphatic carboxylic acids is 2. The summed E-state index contributed by atoms with van der Waals surface area (Å²) >= 11 is 0. The first-order chi connectivity index (χ1) is 18.6. The number of rotatable bonds is 4. The third-order valence-electron chi connectivity index (χ3n) is 6.21. The number of alkyl halides is 6. The Morgan fingerprint density at radius 3 is 2.12 bits per heavy atom.